The predicted molar refractivity (Wildman–Crippen MR) is 138 cm³/mol. The van der Waals surface area contributed by atoms with Gasteiger partial charge in [0.25, 0.3) is 0 Å². The Morgan fingerprint density at radius 2 is 1.79 bits per heavy atom. The SMILES string of the molecule is Cc1nc2cnc3ccc(-c4cnc(N)c(C(F)(F)F)c4)nc3c2n1C1CCN(Cc2ccccn2)CC1. The Bertz CT molecular complexity index is 1620. The van der Waals surface area contributed by atoms with Crippen LogP contribution in [0.15, 0.2) is 55.0 Å². The topological polar surface area (TPSA) is 98.6 Å². The van der Waals surface area contributed by atoms with Crippen LogP contribution in [0.2, 0.25) is 0 Å². The molecule has 1 saturated heterocycles. The molecule has 0 aliphatic carbocycles. The molecule has 1 aliphatic rings. The third-order valence-electron chi connectivity index (χ3n) is 7.09. The molecule has 5 aromatic rings. The lowest BCUT2D eigenvalue weighted by atomic mass is 10.0. The van der Waals surface area contributed by atoms with E-state index in [9.17, 15) is 13.2 Å². The van der Waals surface area contributed by atoms with Gasteiger partial charge in [-0.25, -0.2) is 15.0 Å². The molecule has 1 fully saturated rings. The van der Waals surface area contributed by atoms with E-state index in [1.807, 2.05) is 31.3 Å². The normalized spacial score (nSPS) is 15.5. The molecule has 0 unspecified atom stereocenters. The van der Waals surface area contributed by atoms with Crippen molar-refractivity contribution in [2.45, 2.75) is 38.5 Å². The Morgan fingerprint density at radius 3 is 2.53 bits per heavy atom. The number of rotatable bonds is 4. The van der Waals surface area contributed by atoms with Crippen LogP contribution in [0.3, 0.4) is 0 Å². The first-order valence-corrected chi connectivity index (χ1v) is 12.4. The van der Waals surface area contributed by atoms with Crippen LogP contribution in [0.25, 0.3) is 33.3 Å². The van der Waals surface area contributed by atoms with Gasteiger partial charge in [-0.15, -0.1) is 0 Å². The fourth-order valence-corrected chi connectivity index (χ4v) is 5.26. The zero-order valence-electron chi connectivity index (χ0n) is 20.7. The number of aryl methyl sites for hydroxylation is 1. The van der Waals surface area contributed by atoms with Gasteiger partial charge in [-0.05, 0) is 50.1 Å². The van der Waals surface area contributed by atoms with Crippen molar-refractivity contribution in [2.75, 3.05) is 18.8 Å². The molecule has 11 heteroatoms. The summed E-state index contributed by atoms with van der Waals surface area (Å²) in [6.07, 6.45) is 2.10. The van der Waals surface area contributed by atoms with Gasteiger partial charge in [-0.2, -0.15) is 13.2 Å². The number of nitrogens with two attached hydrogens (primary N) is 1. The molecule has 0 saturated carbocycles. The number of pyridine rings is 4. The molecule has 0 atom stereocenters. The standard InChI is InChI=1S/C27H25F3N8/c1-16-35-23-14-33-22-6-5-21(17-12-20(27(28,29)30)26(31)34-13-17)36-24(22)25(23)38(16)19-7-10-37(11-8-19)15-18-4-2-3-9-32-18/h2-6,9,12-14,19H,7-8,10-11,15H2,1H3,(H2,31,34). The van der Waals surface area contributed by atoms with Gasteiger partial charge in [-0.3, -0.25) is 14.9 Å². The van der Waals surface area contributed by atoms with Gasteiger partial charge in [-0.1, -0.05) is 6.07 Å². The molecular weight excluding hydrogens is 493 g/mol. The summed E-state index contributed by atoms with van der Waals surface area (Å²) < 4.78 is 42.6. The van der Waals surface area contributed by atoms with E-state index < -0.39 is 17.6 Å². The van der Waals surface area contributed by atoms with Crippen LogP contribution in [0, 0.1) is 6.92 Å². The second-order valence-electron chi connectivity index (χ2n) is 9.57. The lowest BCUT2D eigenvalue weighted by molar-refractivity contribution is -0.137. The quantitative estimate of drug-likeness (QED) is 0.350. The smallest absolute Gasteiger partial charge is 0.383 e. The Hall–Kier alpha value is -4.12. The van der Waals surface area contributed by atoms with Gasteiger partial charge in [0.15, 0.2) is 0 Å². The number of fused-ring (bicyclic) bond motifs is 3. The summed E-state index contributed by atoms with van der Waals surface area (Å²) >= 11 is 0. The van der Waals surface area contributed by atoms with Crippen LogP contribution in [0.1, 0.15) is 36.0 Å². The number of aromatic nitrogens is 6. The van der Waals surface area contributed by atoms with Crippen LogP contribution in [0.5, 0.6) is 0 Å². The zero-order valence-corrected chi connectivity index (χ0v) is 20.7. The predicted octanol–water partition coefficient (Wildman–Crippen LogP) is 5.18. The number of halogens is 3. The number of piperidine rings is 1. The molecule has 0 spiro atoms. The van der Waals surface area contributed by atoms with Gasteiger partial charge >= 0.3 is 6.18 Å². The van der Waals surface area contributed by atoms with E-state index in [0.29, 0.717) is 22.2 Å². The number of nitrogen functional groups attached to an aromatic ring is 1. The van der Waals surface area contributed by atoms with Crippen LogP contribution >= 0.6 is 0 Å². The molecule has 0 radical (unpaired) electrons. The summed E-state index contributed by atoms with van der Waals surface area (Å²) in [6.45, 7) is 4.61. The van der Waals surface area contributed by atoms with Crippen molar-refractivity contribution in [2.24, 2.45) is 0 Å². The van der Waals surface area contributed by atoms with Crippen LogP contribution in [-0.2, 0) is 12.7 Å². The van der Waals surface area contributed by atoms with E-state index in [-0.39, 0.29) is 11.6 Å². The number of imidazole rings is 1. The van der Waals surface area contributed by atoms with Gasteiger partial charge < -0.3 is 10.3 Å². The largest absolute Gasteiger partial charge is 0.419 e. The van der Waals surface area contributed by atoms with Crippen LogP contribution < -0.4 is 5.73 Å². The van der Waals surface area contributed by atoms with Crippen molar-refractivity contribution in [3.63, 3.8) is 0 Å². The Kier molecular flexibility index (Phi) is 5.94. The lowest BCUT2D eigenvalue weighted by Crippen LogP contribution is -2.34. The summed E-state index contributed by atoms with van der Waals surface area (Å²) in [7, 11) is 0. The molecule has 194 valence electrons. The highest BCUT2D eigenvalue weighted by atomic mass is 19.4. The van der Waals surface area contributed by atoms with Gasteiger partial charge in [0, 0.05) is 43.6 Å². The molecule has 6 rings (SSSR count). The Morgan fingerprint density at radius 1 is 0.974 bits per heavy atom. The van der Waals surface area contributed by atoms with E-state index in [2.05, 4.69) is 24.4 Å². The number of alkyl halides is 3. The first-order valence-electron chi connectivity index (χ1n) is 12.4. The highest BCUT2D eigenvalue weighted by Crippen LogP contribution is 2.36. The van der Waals surface area contributed by atoms with Gasteiger partial charge in [0.2, 0.25) is 0 Å². The minimum atomic E-state index is -4.61. The Labute approximate surface area is 216 Å². The summed E-state index contributed by atoms with van der Waals surface area (Å²) in [4.78, 5) is 24.6. The molecule has 0 bridgehead atoms. The second kappa shape index (κ2) is 9.32. The average molecular weight is 519 g/mol. The minimum absolute atomic E-state index is 0.214. The second-order valence-corrected chi connectivity index (χ2v) is 9.57. The average Bonchev–Trinajstić information content (AvgIpc) is 3.25. The number of hydrogen-bond donors (Lipinski definition) is 1. The third-order valence-corrected chi connectivity index (χ3v) is 7.09. The molecule has 0 aromatic carbocycles. The summed E-state index contributed by atoms with van der Waals surface area (Å²) in [5.41, 5.74) is 8.96. The van der Waals surface area contributed by atoms with Crippen molar-refractivity contribution >= 4 is 27.9 Å². The fraction of sp³-hybridized carbons (Fsp3) is 0.296. The molecule has 5 aromatic heterocycles. The summed E-state index contributed by atoms with van der Waals surface area (Å²) in [5.74, 6) is 0.298. The molecule has 0 amide bonds. The van der Waals surface area contributed by atoms with E-state index in [1.54, 1.807) is 18.3 Å². The van der Waals surface area contributed by atoms with E-state index in [4.69, 9.17) is 15.7 Å². The maximum Gasteiger partial charge on any atom is 0.419 e. The lowest BCUT2D eigenvalue weighted by Gasteiger charge is -2.33. The van der Waals surface area contributed by atoms with E-state index in [1.165, 1.54) is 6.20 Å². The first kappa shape index (κ1) is 24.2. The van der Waals surface area contributed by atoms with Crippen molar-refractivity contribution in [3.8, 4) is 11.3 Å². The Balaban J connectivity index is 1.37. The molecule has 6 heterocycles. The first-order chi connectivity index (χ1) is 18.3. The highest BCUT2D eigenvalue weighted by molar-refractivity contribution is 6.00. The number of nitrogens with zero attached hydrogens (tertiary/aromatic N) is 7. The number of hydrogen-bond acceptors (Lipinski definition) is 7. The highest BCUT2D eigenvalue weighted by Gasteiger charge is 2.34. The van der Waals surface area contributed by atoms with Crippen molar-refractivity contribution in [3.05, 3.63) is 72.1 Å². The van der Waals surface area contributed by atoms with Crippen molar-refractivity contribution in [1.29, 1.82) is 0 Å². The maximum atomic E-state index is 13.4. The monoisotopic (exact) mass is 518 g/mol. The number of likely N-dealkylation sites (tertiary alicyclic amines) is 1. The summed E-state index contributed by atoms with van der Waals surface area (Å²) in [5, 5.41) is 0. The minimum Gasteiger partial charge on any atom is -0.383 e. The van der Waals surface area contributed by atoms with Crippen LogP contribution in [-0.4, -0.2) is 47.5 Å². The van der Waals surface area contributed by atoms with Crippen molar-refractivity contribution in [1.82, 2.24) is 34.4 Å². The molecule has 2 N–H and O–H groups in total. The summed E-state index contributed by atoms with van der Waals surface area (Å²) in [6, 6.07) is 10.6. The fourth-order valence-electron chi connectivity index (χ4n) is 5.26. The molecule has 1 aliphatic heterocycles. The molecular formula is C27H25F3N8. The van der Waals surface area contributed by atoms with E-state index in [0.717, 1.165) is 55.6 Å². The zero-order chi connectivity index (χ0) is 26.4. The van der Waals surface area contributed by atoms with E-state index >= 15 is 0 Å². The number of anilines is 1. The van der Waals surface area contributed by atoms with Crippen LogP contribution in [0.4, 0.5) is 19.0 Å². The van der Waals surface area contributed by atoms with Crippen molar-refractivity contribution < 1.29 is 13.2 Å². The molecule has 8 nitrogen and oxygen atoms in total. The van der Waals surface area contributed by atoms with Gasteiger partial charge in [0.1, 0.15) is 22.7 Å². The van der Waals surface area contributed by atoms with Gasteiger partial charge in [0.05, 0.1) is 34.2 Å². The maximum absolute atomic E-state index is 13.4. The third kappa shape index (κ3) is 4.43. The molecule has 38 heavy (non-hydrogen) atoms.